The van der Waals surface area contributed by atoms with E-state index in [4.69, 9.17) is 4.74 Å². The summed E-state index contributed by atoms with van der Waals surface area (Å²) >= 11 is 0. The topological polar surface area (TPSA) is 160 Å². The summed E-state index contributed by atoms with van der Waals surface area (Å²) in [6.07, 6.45) is 1.30. The predicted octanol–water partition coefficient (Wildman–Crippen LogP) is 1.73. The van der Waals surface area contributed by atoms with Gasteiger partial charge in [0.05, 0.1) is 32.8 Å². The number of carbonyl (C=O) groups is 6. The molecule has 41 heavy (non-hydrogen) atoms. The first-order chi connectivity index (χ1) is 19.5. The van der Waals surface area contributed by atoms with Gasteiger partial charge < -0.3 is 26.0 Å². The van der Waals surface area contributed by atoms with Crippen LogP contribution in [0.15, 0.2) is 30.3 Å². The summed E-state index contributed by atoms with van der Waals surface area (Å²) < 4.78 is 5.31. The third-order valence-electron chi connectivity index (χ3n) is 6.04. The van der Waals surface area contributed by atoms with Crippen molar-refractivity contribution in [3.63, 3.8) is 0 Å². The van der Waals surface area contributed by atoms with Gasteiger partial charge in [-0.2, -0.15) is 0 Å². The molecule has 0 saturated heterocycles. The van der Waals surface area contributed by atoms with Gasteiger partial charge in [0.25, 0.3) is 0 Å². The number of nitrogens with one attached hydrogen (secondary N) is 4. The molecular formula is C30H48N4O7. The van der Waals surface area contributed by atoms with Crippen molar-refractivity contribution in [2.45, 2.75) is 73.3 Å². The van der Waals surface area contributed by atoms with Crippen LogP contribution >= 0.6 is 0 Å². The summed E-state index contributed by atoms with van der Waals surface area (Å²) in [5.74, 6) is -2.34. The van der Waals surface area contributed by atoms with Crippen molar-refractivity contribution in [3.8, 4) is 0 Å². The van der Waals surface area contributed by atoms with E-state index in [0.29, 0.717) is 6.42 Å². The van der Waals surface area contributed by atoms with Gasteiger partial charge >= 0.3 is 0 Å². The number of hydrogen-bond donors (Lipinski definition) is 4. The van der Waals surface area contributed by atoms with E-state index in [1.54, 1.807) is 13.8 Å². The van der Waals surface area contributed by atoms with Gasteiger partial charge in [0.2, 0.25) is 23.6 Å². The Morgan fingerprint density at radius 3 is 1.93 bits per heavy atom. The number of hydrogen-bond acceptors (Lipinski definition) is 7. The van der Waals surface area contributed by atoms with Crippen molar-refractivity contribution in [2.24, 2.45) is 11.8 Å². The van der Waals surface area contributed by atoms with Gasteiger partial charge in [-0.15, -0.1) is 0 Å². The molecule has 0 spiro atoms. The molecule has 1 aromatic carbocycles. The molecule has 2 atom stereocenters. The minimum atomic E-state index is -0.947. The number of carbonyl (C=O) groups excluding carboxylic acids is 6. The molecule has 4 amide bonds. The normalized spacial score (nSPS) is 11.8. The molecule has 0 heterocycles. The fourth-order valence-corrected chi connectivity index (χ4v) is 3.23. The van der Waals surface area contributed by atoms with Crippen molar-refractivity contribution in [1.82, 2.24) is 21.3 Å². The smallest absolute Gasteiger partial charge is 0.243 e. The molecule has 1 aromatic rings. The molecule has 4 N–H and O–H groups in total. The lowest BCUT2D eigenvalue weighted by molar-refractivity contribution is -0.131. The Labute approximate surface area is 243 Å². The summed E-state index contributed by atoms with van der Waals surface area (Å²) in [6, 6.07) is 8.13. The maximum atomic E-state index is 12.7. The van der Waals surface area contributed by atoms with Crippen LogP contribution in [-0.4, -0.2) is 74.1 Å². The fourth-order valence-electron chi connectivity index (χ4n) is 3.23. The van der Waals surface area contributed by atoms with Crippen LogP contribution in [0.4, 0.5) is 0 Å². The van der Waals surface area contributed by atoms with Crippen molar-refractivity contribution < 1.29 is 33.5 Å². The van der Waals surface area contributed by atoms with Crippen LogP contribution in [0.5, 0.6) is 0 Å². The Balaban J connectivity index is 0.00000781. The number of benzene rings is 1. The SMILES string of the molecule is CC.CCC(C)C(=O)CCOCCC(=O)NCC(=O)NCC(=O)NC(Cc1ccccc1)C(=O)NCC(=O)C(C)C. The first-order valence-electron chi connectivity index (χ1n) is 14.3. The van der Waals surface area contributed by atoms with Crippen LogP contribution in [0, 0.1) is 11.8 Å². The molecule has 0 fully saturated rings. The third-order valence-corrected chi connectivity index (χ3v) is 6.04. The zero-order valence-electron chi connectivity index (χ0n) is 25.3. The lowest BCUT2D eigenvalue weighted by atomic mass is 10.0. The number of amides is 4. The van der Waals surface area contributed by atoms with Crippen molar-refractivity contribution >= 4 is 35.2 Å². The number of rotatable bonds is 19. The first-order valence-corrected chi connectivity index (χ1v) is 14.3. The molecule has 2 unspecified atom stereocenters. The van der Waals surface area contributed by atoms with Gasteiger partial charge in [0.15, 0.2) is 5.78 Å². The Morgan fingerprint density at radius 2 is 1.32 bits per heavy atom. The van der Waals surface area contributed by atoms with E-state index in [1.165, 1.54) is 0 Å². The molecule has 0 radical (unpaired) electrons. The summed E-state index contributed by atoms with van der Waals surface area (Å²) in [5, 5.41) is 9.98. The van der Waals surface area contributed by atoms with E-state index in [0.717, 1.165) is 12.0 Å². The van der Waals surface area contributed by atoms with Crippen LogP contribution < -0.4 is 21.3 Å². The fraction of sp³-hybridized carbons (Fsp3) is 0.600. The molecule has 0 saturated carbocycles. The number of ether oxygens (including phenoxy) is 1. The monoisotopic (exact) mass is 576 g/mol. The second-order valence-electron chi connectivity index (χ2n) is 9.59. The van der Waals surface area contributed by atoms with Crippen molar-refractivity contribution in [2.75, 3.05) is 32.8 Å². The summed E-state index contributed by atoms with van der Waals surface area (Å²) in [6.45, 7) is 10.8. The molecule has 0 aromatic heterocycles. The van der Waals surface area contributed by atoms with Gasteiger partial charge in [-0.1, -0.05) is 71.9 Å². The second-order valence-corrected chi connectivity index (χ2v) is 9.59. The Hall–Kier alpha value is -3.60. The zero-order chi connectivity index (χ0) is 31.2. The molecule has 11 heteroatoms. The summed E-state index contributed by atoms with van der Waals surface area (Å²) in [7, 11) is 0. The number of Topliss-reactive ketones (excluding diaryl/α,β-unsaturated/α-hetero) is 2. The van der Waals surface area contributed by atoms with Crippen LogP contribution in [0.2, 0.25) is 0 Å². The molecule has 230 valence electrons. The van der Waals surface area contributed by atoms with Gasteiger partial charge in [0.1, 0.15) is 11.8 Å². The van der Waals surface area contributed by atoms with Gasteiger partial charge in [0, 0.05) is 31.1 Å². The quantitative estimate of drug-likeness (QED) is 0.183. The lowest BCUT2D eigenvalue weighted by Gasteiger charge is -2.19. The molecule has 1 rings (SSSR count). The summed E-state index contributed by atoms with van der Waals surface area (Å²) in [5.41, 5.74) is 0.811. The molecule has 0 aliphatic carbocycles. The number of ketones is 2. The average Bonchev–Trinajstić information content (AvgIpc) is 2.97. The van der Waals surface area contributed by atoms with E-state index >= 15 is 0 Å². The highest BCUT2D eigenvalue weighted by Crippen LogP contribution is 2.05. The lowest BCUT2D eigenvalue weighted by Crippen LogP contribution is -2.52. The highest BCUT2D eigenvalue weighted by Gasteiger charge is 2.22. The summed E-state index contributed by atoms with van der Waals surface area (Å²) in [4.78, 5) is 72.7. The predicted molar refractivity (Wildman–Crippen MR) is 157 cm³/mol. The maximum Gasteiger partial charge on any atom is 0.243 e. The van der Waals surface area contributed by atoms with Crippen LogP contribution in [-0.2, 0) is 39.9 Å². The standard InChI is InChI=1S/C28H42N4O7.C2H6/c1-5-20(4)23(33)11-13-39-14-12-25(35)29-17-26(36)30-18-27(37)32-22(15-21-9-7-6-8-10-21)28(38)31-16-24(34)19(2)3;1-2/h6-10,19-20,22H,5,11-18H2,1-4H3,(H,29,35)(H,30,36)(H,31,38)(H,32,37);1-2H3. The van der Waals surface area contributed by atoms with Gasteiger partial charge in [-0.05, 0) is 12.0 Å². The van der Waals surface area contributed by atoms with E-state index < -0.39 is 36.2 Å². The minimum absolute atomic E-state index is 0.00946. The molecule has 0 bridgehead atoms. The minimum Gasteiger partial charge on any atom is -0.380 e. The van der Waals surface area contributed by atoms with E-state index in [9.17, 15) is 28.8 Å². The second kappa shape index (κ2) is 22.1. The van der Waals surface area contributed by atoms with Gasteiger partial charge in [-0.25, -0.2) is 0 Å². The third kappa shape index (κ3) is 17.7. The molecule has 0 aliphatic rings. The Morgan fingerprint density at radius 1 is 0.732 bits per heavy atom. The van der Waals surface area contributed by atoms with E-state index in [-0.39, 0.29) is 62.5 Å². The van der Waals surface area contributed by atoms with Crippen molar-refractivity contribution in [1.29, 1.82) is 0 Å². The molecule has 0 aliphatic heterocycles. The highest BCUT2D eigenvalue weighted by molar-refractivity contribution is 5.93. The largest absolute Gasteiger partial charge is 0.380 e. The van der Waals surface area contributed by atoms with Crippen LogP contribution in [0.1, 0.15) is 66.4 Å². The Bertz CT molecular complexity index is 967. The van der Waals surface area contributed by atoms with Gasteiger partial charge in [-0.3, -0.25) is 28.8 Å². The Kier molecular flexibility index (Phi) is 20.2. The molecular weight excluding hydrogens is 528 g/mol. The van der Waals surface area contributed by atoms with E-state index in [1.807, 2.05) is 58.0 Å². The van der Waals surface area contributed by atoms with Crippen molar-refractivity contribution in [3.05, 3.63) is 35.9 Å². The first kappa shape index (κ1) is 37.4. The van der Waals surface area contributed by atoms with Crippen LogP contribution in [0.3, 0.4) is 0 Å². The zero-order valence-corrected chi connectivity index (χ0v) is 25.3. The average molecular weight is 577 g/mol. The van der Waals surface area contributed by atoms with Crippen LogP contribution in [0.25, 0.3) is 0 Å². The maximum absolute atomic E-state index is 12.7. The van der Waals surface area contributed by atoms with E-state index in [2.05, 4.69) is 21.3 Å². The highest BCUT2D eigenvalue weighted by atomic mass is 16.5. The molecule has 11 nitrogen and oxygen atoms in total.